The fourth-order valence-corrected chi connectivity index (χ4v) is 2.99. The van der Waals surface area contributed by atoms with Gasteiger partial charge in [-0.15, -0.1) is 6.42 Å². The summed E-state index contributed by atoms with van der Waals surface area (Å²) in [6, 6.07) is 11.9. The topological polar surface area (TPSA) is 56.8 Å². The van der Waals surface area contributed by atoms with Gasteiger partial charge >= 0.3 is 0 Å². The molecule has 2 rings (SSSR count). The third-order valence-corrected chi connectivity index (χ3v) is 4.52. The number of hydrogen-bond donors (Lipinski definition) is 1. The highest BCUT2D eigenvalue weighted by atomic mass is 19.1. The first-order valence-electron chi connectivity index (χ1n) is 9.94. The van der Waals surface area contributed by atoms with Crippen LogP contribution in [0, 0.1) is 18.2 Å². The van der Waals surface area contributed by atoms with Gasteiger partial charge in [0.2, 0.25) is 5.91 Å². The molecule has 0 heterocycles. The zero-order chi connectivity index (χ0) is 21.8. The molecule has 0 aliphatic carbocycles. The van der Waals surface area contributed by atoms with Gasteiger partial charge in [-0.05, 0) is 61.6 Å². The van der Waals surface area contributed by atoms with Gasteiger partial charge in [0.25, 0.3) is 0 Å². The molecule has 2 aromatic carbocycles. The van der Waals surface area contributed by atoms with E-state index in [1.807, 2.05) is 19.1 Å². The van der Waals surface area contributed by atoms with Crippen molar-refractivity contribution >= 4 is 5.91 Å². The molecule has 2 aromatic rings. The van der Waals surface area contributed by atoms with Gasteiger partial charge in [-0.2, -0.15) is 0 Å². The summed E-state index contributed by atoms with van der Waals surface area (Å²) in [4.78, 5) is 12.5. The smallest absolute Gasteiger partial charge is 0.249 e. The van der Waals surface area contributed by atoms with Crippen molar-refractivity contribution in [2.24, 2.45) is 0 Å². The van der Waals surface area contributed by atoms with Gasteiger partial charge in [0.05, 0.1) is 7.11 Å². The lowest BCUT2D eigenvalue weighted by atomic mass is 10.1. The average Bonchev–Trinajstić information content (AvgIpc) is 2.76. The number of carbonyl (C=O) groups is 1. The van der Waals surface area contributed by atoms with Crippen LogP contribution < -0.4 is 14.8 Å². The van der Waals surface area contributed by atoms with E-state index in [9.17, 15) is 9.18 Å². The van der Waals surface area contributed by atoms with E-state index >= 15 is 0 Å². The minimum Gasteiger partial charge on any atom is -0.493 e. The van der Waals surface area contributed by atoms with E-state index in [1.54, 1.807) is 25.3 Å². The highest BCUT2D eigenvalue weighted by Crippen LogP contribution is 2.28. The third kappa shape index (κ3) is 7.41. The fraction of sp³-hybridized carbons (Fsp3) is 0.375. The fourth-order valence-electron chi connectivity index (χ4n) is 2.99. The van der Waals surface area contributed by atoms with E-state index in [4.69, 9.17) is 20.6 Å². The van der Waals surface area contributed by atoms with Crippen molar-refractivity contribution in [2.45, 2.75) is 32.3 Å². The van der Waals surface area contributed by atoms with Gasteiger partial charge < -0.3 is 19.5 Å². The van der Waals surface area contributed by atoms with Crippen LogP contribution in [-0.4, -0.2) is 38.9 Å². The highest BCUT2D eigenvalue weighted by Gasteiger charge is 2.18. The molecule has 5 nitrogen and oxygen atoms in total. The highest BCUT2D eigenvalue weighted by molar-refractivity contribution is 5.80. The lowest BCUT2D eigenvalue weighted by Crippen LogP contribution is -2.37. The lowest BCUT2D eigenvalue weighted by Gasteiger charge is -2.17. The van der Waals surface area contributed by atoms with Crippen molar-refractivity contribution < 1.29 is 23.4 Å². The van der Waals surface area contributed by atoms with Crippen LogP contribution in [0.4, 0.5) is 4.39 Å². The number of halogens is 1. The predicted octanol–water partition coefficient (Wildman–Crippen LogP) is 3.54. The normalized spacial score (nSPS) is 11.4. The largest absolute Gasteiger partial charge is 0.493 e. The van der Waals surface area contributed by atoms with Crippen LogP contribution >= 0.6 is 0 Å². The van der Waals surface area contributed by atoms with E-state index in [2.05, 4.69) is 11.2 Å². The predicted molar refractivity (Wildman–Crippen MR) is 114 cm³/mol. The molecule has 0 fully saturated rings. The SMILES string of the molecule is C#CCOc1ccc(CCNC(=O)[C@H](CCc2ccc(F)cc2)OCC)cc1OC. The Labute approximate surface area is 177 Å². The summed E-state index contributed by atoms with van der Waals surface area (Å²) in [5.74, 6) is 3.17. The maximum atomic E-state index is 13.0. The molecule has 0 aliphatic rings. The van der Waals surface area contributed by atoms with Crippen molar-refractivity contribution in [1.82, 2.24) is 5.32 Å². The van der Waals surface area contributed by atoms with Crippen LogP contribution in [0.1, 0.15) is 24.5 Å². The molecule has 0 aromatic heterocycles. The van der Waals surface area contributed by atoms with E-state index in [1.165, 1.54) is 12.1 Å². The molecule has 0 saturated heterocycles. The number of benzene rings is 2. The van der Waals surface area contributed by atoms with Crippen LogP contribution in [0.25, 0.3) is 0 Å². The Morgan fingerprint density at radius 2 is 1.87 bits per heavy atom. The maximum absolute atomic E-state index is 13.0. The number of aryl methyl sites for hydroxylation is 1. The molecule has 0 aliphatic heterocycles. The number of ether oxygens (including phenoxy) is 3. The average molecular weight is 413 g/mol. The van der Waals surface area contributed by atoms with Crippen LogP contribution in [-0.2, 0) is 22.4 Å². The van der Waals surface area contributed by atoms with Gasteiger partial charge in [0, 0.05) is 13.2 Å². The van der Waals surface area contributed by atoms with Crippen molar-refractivity contribution in [3.8, 4) is 23.8 Å². The van der Waals surface area contributed by atoms with Gasteiger partial charge in [-0.25, -0.2) is 4.39 Å². The number of nitrogens with one attached hydrogen (secondary N) is 1. The Bertz CT molecular complexity index is 845. The first kappa shape index (κ1) is 23.2. The molecule has 0 spiro atoms. The monoisotopic (exact) mass is 413 g/mol. The maximum Gasteiger partial charge on any atom is 0.249 e. The molecule has 30 heavy (non-hydrogen) atoms. The second kappa shape index (κ2) is 12.5. The summed E-state index contributed by atoms with van der Waals surface area (Å²) in [7, 11) is 1.57. The second-order valence-electron chi connectivity index (χ2n) is 6.63. The summed E-state index contributed by atoms with van der Waals surface area (Å²) in [5, 5.41) is 2.93. The van der Waals surface area contributed by atoms with Gasteiger partial charge in [0.15, 0.2) is 11.5 Å². The van der Waals surface area contributed by atoms with Gasteiger partial charge in [0.1, 0.15) is 18.5 Å². The molecular formula is C24H28FNO4. The minimum atomic E-state index is -0.547. The molecule has 6 heteroatoms. The summed E-state index contributed by atoms with van der Waals surface area (Å²) >= 11 is 0. The Hall–Kier alpha value is -3.04. The number of amides is 1. The van der Waals surface area contributed by atoms with Crippen molar-refractivity contribution in [3.05, 3.63) is 59.4 Å². The van der Waals surface area contributed by atoms with Crippen LogP contribution in [0.2, 0.25) is 0 Å². The Balaban J connectivity index is 1.86. The molecule has 0 saturated carbocycles. The Morgan fingerprint density at radius 3 is 2.53 bits per heavy atom. The standard InChI is InChI=1S/C24H28FNO4/c1-4-16-30-21-12-9-19(17-23(21)28-3)14-15-26-24(27)22(29-5-2)13-8-18-6-10-20(25)11-7-18/h1,6-7,9-12,17,22H,5,8,13-16H2,2-3H3,(H,26,27)/t22-/m0/s1. The van der Waals surface area contributed by atoms with Crippen molar-refractivity contribution in [2.75, 3.05) is 26.9 Å². The molecule has 0 unspecified atom stereocenters. The summed E-state index contributed by atoms with van der Waals surface area (Å²) in [5.41, 5.74) is 1.97. The zero-order valence-corrected chi connectivity index (χ0v) is 17.4. The summed E-state index contributed by atoms with van der Waals surface area (Å²) < 4.78 is 29.4. The number of terminal acetylenes is 1. The molecule has 1 atom stereocenters. The quantitative estimate of drug-likeness (QED) is 0.541. The van der Waals surface area contributed by atoms with E-state index < -0.39 is 6.10 Å². The molecule has 0 radical (unpaired) electrons. The van der Waals surface area contributed by atoms with Crippen LogP contribution in [0.15, 0.2) is 42.5 Å². The Kier molecular flexibility index (Phi) is 9.69. The molecule has 0 bridgehead atoms. The van der Waals surface area contributed by atoms with E-state index in [0.29, 0.717) is 43.9 Å². The second-order valence-corrected chi connectivity index (χ2v) is 6.63. The Morgan fingerprint density at radius 1 is 1.13 bits per heavy atom. The van der Waals surface area contributed by atoms with Crippen molar-refractivity contribution in [3.63, 3.8) is 0 Å². The van der Waals surface area contributed by atoms with Crippen LogP contribution in [0.3, 0.4) is 0 Å². The van der Waals surface area contributed by atoms with Gasteiger partial charge in [-0.1, -0.05) is 24.1 Å². The molecular weight excluding hydrogens is 385 g/mol. The minimum absolute atomic E-state index is 0.153. The summed E-state index contributed by atoms with van der Waals surface area (Å²) in [6.07, 6.45) is 6.46. The number of rotatable bonds is 12. The molecule has 1 N–H and O–H groups in total. The van der Waals surface area contributed by atoms with Crippen LogP contribution in [0.5, 0.6) is 11.5 Å². The zero-order valence-electron chi connectivity index (χ0n) is 17.4. The first-order valence-corrected chi connectivity index (χ1v) is 9.94. The molecule has 1 amide bonds. The lowest BCUT2D eigenvalue weighted by molar-refractivity contribution is -0.132. The van der Waals surface area contributed by atoms with E-state index in [0.717, 1.165) is 11.1 Å². The number of methoxy groups -OCH3 is 1. The van der Waals surface area contributed by atoms with E-state index in [-0.39, 0.29) is 18.3 Å². The first-order chi connectivity index (χ1) is 14.6. The summed E-state index contributed by atoms with van der Waals surface area (Å²) in [6.45, 7) is 2.93. The molecule has 160 valence electrons. The number of hydrogen-bond acceptors (Lipinski definition) is 4. The van der Waals surface area contributed by atoms with Crippen molar-refractivity contribution in [1.29, 1.82) is 0 Å². The number of carbonyl (C=O) groups excluding carboxylic acids is 1. The van der Waals surface area contributed by atoms with Gasteiger partial charge in [-0.3, -0.25) is 4.79 Å². The third-order valence-electron chi connectivity index (χ3n) is 4.52.